The largest absolute Gasteiger partial charge is 0.451 e. The normalized spacial score (nSPS) is 31.5. The van der Waals surface area contributed by atoms with Gasteiger partial charge in [0, 0.05) is 12.1 Å². The maximum atomic E-state index is 11.0. The molecular formula is C7H8N2O2. The molecule has 2 rings (SSSR count). The van der Waals surface area contributed by atoms with Gasteiger partial charge >= 0.3 is 6.09 Å². The Bertz CT molecular complexity index is 247. The molecule has 2 aliphatic rings. The second-order valence-electron chi connectivity index (χ2n) is 2.53. The standard InChI is InChI=1S/C7H8N2O2/c1-11-7(10)9-6-3-2-5(6)4-8-9/h2-6H,1H3. The van der Waals surface area contributed by atoms with E-state index in [4.69, 9.17) is 0 Å². The number of carbonyl (C=O) groups is 1. The number of hydrogen-bond acceptors (Lipinski definition) is 3. The molecule has 11 heavy (non-hydrogen) atoms. The SMILES string of the molecule is COC(=O)N1N=CC2C=CC21. The quantitative estimate of drug-likeness (QED) is 0.477. The fourth-order valence-electron chi connectivity index (χ4n) is 1.21. The van der Waals surface area contributed by atoms with E-state index in [9.17, 15) is 4.79 Å². The van der Waals surface area contributed by atoms with Crippen LogP contribution in [0.3, 0.4) is 0 Å². The summed E-state index contributed by atoms with van der Waals surface area (Å²) in [4.78, 5) is 11.0. The number of ether oxygens (including phenoxy) is 1. The Morgan fingerprint density at radius 1 is 1.64 bits per heavy atom. The van der Waals surface area contributed by atoms with E-state index in [0.29, 0.717) is 5.92 Å². The summed E-state index contributed by atoms with van der Waals surface area (Å²) in [6, 6.07) is 0.113. The highest BCUT2D eigenvalue weighted by molar-refractivity contribution is 5.78. The lowest BCUT2D eigenvalue weighted by atomic mass is 9.91. The first-order valence-corrected chi connectivity index (χ1v) is 3.42. The van der Waals surface area contributed by atoms with Crippen molar-refractivity contribution in [2.45, 2.75) is 6.04 Å². The molecule has 1 heterocycles. The number of nitrogens with zero attached hydrogens (tertiary/aromatic N) is 2. The summed E-state index contributed by atoms with van der Waals surface area (Å²) in [6.07, 6.45) is 5.31. The molecule has 2 atom stereocenters. The molecule has 58 valence electrons. The molecule has 2 unspecified atom stereocenters. The molecule has 0 radical (unpaired) electrons. The van der Waals surface area contributed by atoms with Gasteiger partial charge in [0.1, 0.15) is 0 Å². The van der Waals surface area contributed by atoms with E-state index in [1.54, 1.807) is 6.21 Å². The van der Waals surface area contributed by atoms with Crippen molar-refractivity contribution < 1.29 is 9.53 Å². The zero-order valence-corrected chi connectivity index (χ0v) is 6.10. The van der Waals surface area contributed by atoms with Gasteiger partial charge in [-0.1, -0.05) is 12.2 Å². The molecule has 4 heteroatoms. The lowest BCUT2D eigenvalue weighted by molar-refractivity contribution is 0.115. The van der Waals surface area contributed by atoms with Crippen LogP contribution in [0.1, 0.15) is 0 Å². The summed E-state index contributed by atoms with van der Waals surface area (Å²) in [6.45, 7) is 0. The predicted molar refractivity (Wildman–Crippen MR) is 39.2 cm³/mol. The van der Waals surface area contributed by atoms with Crippen molar-refractivity contribution in [3.63, 3.8) is 0 Å². The number of hydrazone groups is 1. The zero-order valence-electron chi connectivity index (χ0n) is 6.10. The third kappa shape index (κ3) is 0.753. The van der Waals surface area contributed by atoms with Crippen molar-refractivity contribution in [3.05, 3.63) is 12.2 Å². The Hall–Kier alpha value is -1.32. The topological polar surface area (TPSA) is 41.9 Å². The lowest BCUT2D eigenvalue weighted by Gasteiger charge is -2.25. The summed E-state index contributed by atoms with van der Waals surface area (Å²) in [7, 11) is 1.35. The minimum absolute atomic E-state index is 0.113. The molecular weight excluding hydrogens is 144 g/mol. The Morgan fingerprint density at radius 3 is 2.91 bits per heavy atom. The highest BCUT2D eigenvalue weighted by Gasteiger charge is 2.37. The van der Waals surface area contributed by atoms with E-state index in [0.717, 1.165) is 0 Å². The molecule has 0 aromatic carbocycles. The summed E-state index contributed by atoms with van der Waals surface area (Å²) >= 11 is 0. The summed E-state index contributed by atoms with van der Waals surface area (Å²) in [5, 5.41) is 5.25. The molecule has 0 spiro atoms. The predicted octanol–water partition coefficient (Wildman–Crippen LogP) is 0.609. The highest BCUT2D eigenvalue weighted by atomic mass is 16.5. The first-order chi connectivity index (χ1) is 5.33. The molecule has 0 fully saturated rings. The van der Waals surface area contributed by atoms with Crippen molar-refractivity contribution in [3.8, 4) is 0 Å². The van der Waals surface area contributed by atoms with E-state index in [1.165, 1.54) is 12.1 Å². The van der Waals surface area contributed by atoms with Crippen LogP contribution in [0.25, 0.3) is 0 Å². The smallest absolute Gasteiger partial charge is 0.430 e. The van der Waals surface area contributed by atoms with Crippen molar-refractivity contribution in [1.82, 2.24) is 5.01 Å². The molecule has 0 aromatic rings. The molecule has 4 nitrogen and oxygen atoms in total. The van der Waals surface area contributed by atoms with E-state index >= 15 is 0 Å². The van der Waals surface area contributed by atoms with E-state index in [1.807, 2.05) is 12.2 Å². The van der Waals surface area contributed by atoms with Gasteiger partial charge in [0.05, 0.1) is 13.2 Å². The second-order valence-corrected chi connectivity index (χ2v) is 2.53. The second kappa shape index (κ2) is 2.08. The van der Waals surface area contributed by atoms with E-state index in [2.05, 4.69) is 9.84 Å². The van der Waals surface area contributed by atoms with Gasteiger partial charge in [0.2, 0.25) is 0 Å². The maximum Gasteiger partial charge on any atom is 0.430 e. The fraction of sp³-hybridized carbons (Fsp3) is 0.429. The molecule has 0 saturated heterocycles. The van der Waals surface area contributed by atoms with Crippen LogP contribution in [0, 0.1) is 5.92 Å². The van der Waals surface area contributed by atoms with Crippen LogP contribution in [0.15, 0.2) is 17.3 Å². The lowest BCUT2D eigenvalue weighted by Crippen LogP contribution is -2.38. The van der Waals surface area contributed by atoms with Gasteiger partial charge in [-0.15, -0.1) is 0 Å². The van der Waals surface area contributed by atoms with E-state index in [-0.39, 0.29) is 6.04 Å². The van der Waals surface area contributed by atoms with Crippen molar-refractivity contribution >= 4 is 12.3 Å². The van der Waals surface area contributed by atoms with Crippen LogP contribution in [0.4, 0.5) is 4.79 Å². The molecule has 1 amide bonds. The molecule has 0 saturated carbocycles. The highest BCUT2D eigenvalue weighted by Crippen LogP contribution is 2.27. The molecule has 1 aliphatic heterocycles. The molecule has 1 aliphatic carbocycles. The number of methoxy groups -OCH3 is 1. The van der Waals surface area contributed by atoms with Gasteiger partial charge in [-0.05, 0) is 0 Å². The average Bonchev–Trinajstić information content (AvgIpc) is 2.25. The van der Waals surface area contributed by atoms with Gasteiger partial charge < -0.3 is 4.74 Å². The Balaban J connectivity index is 2.12. The van der Waals surface area contributed by atoms with Crippen LogP contribution >= 0.6 is 0 Å². The number of amides is 1. The summed E-state index contributed by atoms with van der Waals surface area (Å²) in [5.74, 6) is 0.314. The van der Waals surface area contributed by atoms with E-state index < -0.39 is 6.09 Å². The van der Waals surface area contributed by atoms with Crippen LogP contribution in [-0.2, 0) is 4.74 Å². The minimum Gasteiger partial charge on any atom is -0.451 e. The Morgan fingerprint density at radius 2 is 2.45 bits per heavy atom. The molecule has 0 bridgehead atoms. The van der Waals surface area contributed by atoms with Gasteiger partial charge in [0.25, 0.3) is 0 Å². The molecule has 0 N–H and O–H groups in total. The fourth-order valence-corrected chi connectivity index (χ4v) is 1.21. The van der Waals surface area contributed by atoms with Gasteiger partial charge in [-0.3, -0.25) is 0 Å². The summed E-state index contributed by atoms with van der Waals surface area (Å²) in [5.41, 5.74) is 0. The Labute approximate surface area is 64.1 Å². The summed E-state index contributed by atoms with van der Waals surface area (Å²) < 4.78 is 4.53. The number of rotatable bonds is 0. The number of hydrogen-bond donors (Lipinski definition) is 0. The monoisotopic (exact) mass is 152 g/mol. The van der Waals surface area contributed by atoms with Gasteiger partial charge in [-0.2, -0.15) is 10.1 Å². The number of carbonyl (C=O) groups excluding carboxylic acids is 1. The van der Waals surface area contributed by atoms with Gasteiger partial charge in [-0.25, -0.2) is 4.79 Å². The molecule has 0 aromatic heterocycles. The third-order valence-corrected chi connectivity index (χ3v) is 1.93. The third-order valence-electron chi connectivity index (χ3n) is 1.93. The first-order valence-electron chi connectivity index (χ1n) is 3.42. The minimum atomic E-state index is -0.391. The Kier molecular flexibility index (Phi) is 1.21. The van der Waals surface area contributed by atoms with Crippen molar-refractivity contribution in [2.75, 3.05) is 7.11 Å². The van der Waals surface area contributed by atoms with Crippen LogP contribution in [-0.4, -0.2) is 30.5 Å². The van der Waals surface area contributed by atoms with Crippen LogP contribution in [0.2, 0.25) is 0 Å². The van der Waals surface area contributed by atoms with Gasteiger partial charge in [0.15, 0.2) is 0 Å². The maximum absolute atomic E-state index is 11.0. The van der Waals surface area contributed by atoms with Crippen molar-refractivity contribution in [2.24, 2.45) is 11.0 Å². The average molecular weight is 152 g/mol. The van der Waals surface area contributed by atoms with Crippen molar-refractivity contribution in [1.29, 1.82) is 0 Å². The van der Waals surface area contributed by atoms with Crippen LogP contribution in [0.5, 0.6) is 0 Å². The first kappa shape index (κ1) is 6.39. The zero-order chi connectivity index (χ0) is 7.84. The van der Waals surface area contributed by atoms with Crippen LogP contribution < -0.4 is 0 Å². The number of fused-ring (bicyclic) bond motifs is 1.